The highest BCUT2D eigenvalue weighted by molar-refractivity contribution is 6.33. The van der Waals surface area contributed by atoms with Crippen LogP contribution >= 0.6 is 11.6 Å². The van der Waals surface area contributed by atoms with Gasteiger partial charge in [-0.15, -0.1) is 0 Å². The zero-order chi connectivity index (χ0) is 12.3. The molecule has 2 N–H and O–H groups in total. The number of benzene rings is 1. The van der Waals surface area contributed by atoms with Gasteiger partial charge in [-0.05, 0) is 18.1 Å². The molecule has 0 fully saturated rings. The van der Waals surface area contributed by atoms with Crippen LogP contribution in [0.1, 0.15) is 15.9 Å². The lowest BCUT2D eigenvalue weighted by Crippen LogP contribution is -2.06. The van der Waals surface area contributed by atoms with Crippen molar-refractivity contribution in [1.29, 1.82) is 0 Å². The second-order valence-electron chi connectivity index (χ2n) is 3.00. The van der Waals surface area contributed by atoms with E-state index < -0.39 is 10.9 Å². The summed E-state index contributed by atoms with van der Waals surface area (Å²) in [5, 5.41) is 27.9. The van der Waals surface area contributed by atoms with E-state index in [1.807, 2.05) is 0 Å². The summed E-state index contributed by atoms with van der Waals surface area (Å²) in [5.41, 5.74) is -0.314. The van der Waals surface area contributed by atoms with Crippen molar-refractivity contribution in [2.24, 2.45) is 0 Å². The first-order chi connectivity index (χ1) is 7.47. The predicted molar refractivity (Wildman–Crippen MR) is 55.9 cm³/mol. The molecule has 0 aromatic heterocycles. The Morgan fingerprint density at radius 2 is 2.12 bits per heavy atom. The number of nitro benzene ring substituents is 1. The van der Waals surface area contributed by atoms with Gasteiger partial charge in [0.15, 0.2) is 0 Å². The van der Waals surface area contributed by atoms with Gasteiger partial charge in [0.1, 0.15) is 5.02 Å². The van der Waals surface area contributed by atoms with Crippen LogP contribution in [0.25, 0.3) is 0 Å². The number of aliphatic hydroxyl groups excluding tert-OH is 1. The summed E-state index contributed by atoms with van der Waals surface area (Å²) < 4.78 is 0. The maximum Gasteiger partial charge on any atom is 0.336 e. The molecule has 1 aromatic rings. The minimum Gasteiger partial charge on any atom is -0.478 e. The van der Waals surface area contributed by atoms with Gasteiger partial charge in [-0.3, -0.25) is 10.1 Å². The van der Waals surface area contributed by atoms with E-state index in [9.17, 15) is 14.9 Å². The highest BCUT2D eigenvalue weighted by Gasteiger charge is 2.19. The lowest BCUT2D eigenvalue weighted by Gasteiger charge is -2.05. The molecular weight excluding hydrogens is 238 g/mol. The van der Waals surface area contributed by atoms with Crippen LogP contribution in [0.4, 0.5) is 5.69 Å². The van der Waals surface area contributed by atoms with Gasteiger partial charge in [0, 0.05) is 12.7 Å². The van der Waals surface area contributed by atoms with Crippen molar-refractivity contribution in [2.45, 2.75) is 6.42 Å². The molecule has 0 aliphatic carbocycles. The van der Waals surface area contributed by atoms with Crippen LogP contribution in [0, 0.1) is 10.1 Å². The number of rotatable bonds is 4. The maximum atomic E-state index is 10.8. The van der Waals surface area contributed by atoms with Gasteiger partial charge in [-0.2, -0.15) is 0 Å². The Morgan fingerprint density at radius 3 is 2.56 bits per heavy atom. The molecule has 0 radical (unpaired) electrons. The third-order valence-corrected chi connectivity index (χ3v) is 2.28. The smallest absolute Gasteiger partial charge is 0.336 e. The van der Waals surface area contributed by atoms with Crippen molar-refractivity contribution in [3.63, 3.8) is 0 Å². The number of hydrogen-bond acceptors (Lipinski definition) is 4. The van der Waals surface area contributed by atoms with Gasteiger partial charge >= 0.3 is 5.97 Å². The molecule has 6 nitrogen and oxygen atoms in total. The minimum absolute atomic E-state index is 0.0274. The van der Waals surface area contributed by atoms with Crippen molar-refractivity contribution in [3.05, 3.63) is 38.4 Å². The van der Waals surface area contributed by atoms with Gasteiger partial charge in [0.25, 0.3) is 5.69 Å². The molecule has 86 valence electrons. The van der Waals surface area contributed by atoms with Crippen LogP contribution in [0.5, 0.6) is 0 Å². The maximum absolute atomic E-state index is 10.8. The van der Waals surface area contributed by atoms with Gasteiger partial charge < -0.3 is 10.2 Å². The van der Waals surface area contributed by atoms with Crippen LogP contribution < -0.4 is 0 Å². The summed E-state index contributed by atoms with van der Waals surface area (Å²) in [5.74, 6) is -1.24. The standard InChI is InChI=1S/C9H8ClNO5/c10-7-4-6(9(13)14)5(1-2-12)3-8(7)11(15)16/h3-4,12H,1-2H2,(H,13,14). The SMILES string of the molecule is O=C(O)c1cc(Cl)c([N+](=O)[O-])cc1CCO. The highest BCUT2D eigenvalue weighted by Crippen LogP contribution is 2.28. The monoisotopic (exact) mass is 245 g/mol. The molecule has 1 aromatic carbocycles. The molecule has 0 heterocycles. The van der Waals surface area contributed by atoms with Crippen LogP contribution in [0.3, 0.4) is 0 Å². The number of hydrogen-bond donors (Lipinski definition) is 2. The third kappa shape index (κ3) is 2.47. The molecule has 16 heavy (non-hydrogen) atoms. The van der Waals surface area contributed by atoms with Crippen molar-refractivity contribution < 1.29 is 19.9 Å². The Balaban J connectivity index is 3.36. The van der Waals surface area contributed by atoms with Crippen LogP contribution in [-0.2, 0) is 6.42 Å². The van der Waals surface area contributed by atoms with E-state index in [2.05, 4.69) is 0 Å². The molecule has 0 spiro atoms. The summed E-state index contributed by atoms with van der Waals surface area (Å²) >= 11 is 5.57. The molecule has 0 unspecified atom stereocenters. The van der Waals surface area contributed by atoms with Crippen molar-refractivity contribution >= 4 is 23.3 Å². The number of nitrogens with zero attached hydrogens (tertiary/aromatic N) is 1. The lowest BCUT2D eigenvalue weighted by molar-refractivity contribution is -0.384. The molecule has 0 atom stereocenters. The average molecular weight is 246 g/mol. The van der Waals surface area contributed by atoms with Crippen LogP contribution in [0.15, 0.2) is 12.1 Å². The summed E-state index contributed by atoms with van der Waals surface area (Å²) in [7, 11) is 0. The number of nitro groups is 1. The molecule has 0 saturated carbocycles. The number of aromatic carboxylic acids is 1. The van der Waals surface area contributed by atoms with Gasteiger partial charge in [0.05, 0.1) is 10.5 Å². The number of carboxylic acids is 1. The summed E-state index contributed by atoms with van der Waals surface area (Å²) in [6, 6.07) is 2.09. The van der Waals surface area contributed by atoms with Crippen LogP contribution in [-0.4, -0.2) is 27.7 Å². The predicted octanol–water partition coefficient (Wildman–Crippen LogP) is 1.48. The van der Waals surface area contributed by atoms with Gasteiger partial charge in [-0.25, -0.2) is 4.79 Å². The summed E-state index contributed by atoms with van der Waals surface area (Å²) in [6.45, 7) is -0.293. The Kier molecular flexibility index (Phi) is 3.81. The summed E-state index contributed by atoms with van der Waals surface area (Å²) in [6.07, 6.45) is 0.0274. The van der Waals surface area contributed by atoms with E-state index in [0.29, 0.717) is 0 Å². The molecule has 0 amide bonds. The fourth-order valence-electron chi connectivity index (χ4n) is 1.27. The third-order valence-electron chi connectivity index (χ3n) is 1.98. The van der Waals surface area contributed by atoms with E-state index in [0.717, 1.165) is 12.1 Å². The number of halogens is 1. The van der Waals surface area contributed by atoms with E-state index in [4.69, 9.17) is 21.8 Å². The molecule has 1 rings (SSSR count). The van der Waals surface area contributed by atoms with E-state index in [1.165, 1.54) is 0 Å². The Bertz CT molecular complexity index is 446. The first-order valence-electron chi connectivity index (χ1n) is 4.28. The van der Waals surface area contributed by atoms with Crippen molar-refractivity contribution in [1.82, 2.24) is 0 Å². The van der Waals surface area contributed by atoms with Crippen LogP contribution in [0.2, 0.25) is 5.02 Å². The Hall–Kier alpha value is -1.66. The van der Waals surface area contributed by atoms with E-state index >= 15 is 0 Å². The minimum atomic E-state index is -1.24. The van der Waals surface area contributed by atoms with Crippen molar-refractivity contribution in [3.8, 4) is 0 Å². The fraction of sp³-hybridized carbons (Fsp3) is 0.222. The largest absolute Gasteiger partial charge is 0.478 e. The second kappa shape index (κ2) is 4.91. The molecule has 7 heteroatoms. The quantitative estimate of drug-likeness (QED) is 0.618. The first-order valence-corrected chi connectivity index (χ1v) is 4.66. The molecule has 0 bridgehead atoms. The fourth-order valence-corrected chi connectivity index (χ4v) is 1.50. The number of aliphatic hydroxyl groups is 1. The molecule has 0 aliphatic rings. The van der Waals surface area contributed by atoms with Gasteiger partial charge in [0.2, 0.25) is 0 Å². The molecular formula is C9H8ClNO5. The zero-order valence-electron chi connectivity index (χ0n) is 8.01. The van der Waals surface area contributed by atoms with Crippen molar-refractivity contribution in [2.75, 3.05) is 6.61 Å². The zero-order valence-corrected chi connectivity index (χ0v) is 8.77. The Morgan fingerprint density at radius 1 is 1.50 bits per heavy atom. The normalized spacial score (nSPS) is 10.1. The topological polar surface area (TPSA) is 101 Å². The molecule has 0 saturated heterocycles. The van der Waals surface area contributed by atoms with E-state index in [1.54, 1.807) is 0 Å². The first kappa shape index (κ1) is 12.4. The van der Waals surface area contributed by atoms with Gasteiger partial charge in [-0.1, -0.05) is 11.6 Å². The number of carboxylic acid groups (broad SMARTS) is 1. The number of carbonyl (C=O) groups is 1. The summed E-state index contributed by atoms with van der Waals surface area (Å²) in [4.78, 5) is 20.7. The second-order valence-corrected chi connectivity index (χ2v) is 3.40. The highest BCUT2D eigenvalue weighted by atomic mass is 35.5. The molecule has 0 aliphatic heterocycles. The Labute approximate surface area is 95.2 Å². The lowest BCUT2D eigenvalue weighted by atomic mass is 10.0. The average Bonchev–Trinajstić information content (AvgIpc) is 2.19. The van der Waals surface area contributed by atoms with E-state index in [-0.39, 0.29) is 34.9 Å².